The second-order valence-electron chi connectivity index (χ2n) is 5.81. The SMILES string of the molecule is CCC(NC(=O)CC1CCCCO1)(C(=O)O)c1ccc(Cl)cc1. The maximum absolute atomic E-state index is 12.3. The number of halogens is 1. The number of carboxylic acid groups (broad SMARTS) is 1. The second-order valence-corrected chi connectivity index (χ2v) is 6.25. The summed E-state index contributed by atoms with van der Waals surface area (Å²) in [6.07, 6.45) is 3.17. The third-order valence-electron chi connectivity index (χ3n) is 4.27. The van der Waals surface area contributed by atoms with Crippen molar-refractivity contribution in [3.8, 4) is 0 Å². The van der Waals surface area contributed by atoms with Gasteiger partial charge in [0.15, 0.2) is 5.54 Å². The molecule has 1 aliphatic heterocycles. The van der Waals surface area contributed by atoms with Gasteiger partial charge in [0.1, 0.15) is 0 Å². The number of hydrogen-bond donors (Lipinski definition) is 2. The van der Waals surface area contributed by atoms with Crippen molar-refractivity contribution >= 4 is 23.5 Å². The molecule has 1 heterocycles. The van der Waals surface area contributed by atoms with E-state index in [2.05, 4.69) is 5.32 Å². The van der Waals surface area contributed by atoms with Crippen molar-refractivity contribution in [1.29, 1.82) is 0 Å². The van der Waals surface area contributed by atoms with Gasteiger partial charge in [0.25, 0.3) is 0 Å². The number of rotatable bonds is 6. The Morgan fingerprint density at radius 3 is 2.57 bits per heavy atom. The molecule has 0 aliphatic carbocycles. The number of ether oxygens (including phenoxy) is 1. The predicted molar refractivity (Wildman–Crippen MR) is 87.4 cm³/mol. The highest BCUT2D eigenvalue weighted by Crippen LogP contribution is 2.27. The average Bonchev–Trinajstić information content (AvgIpc) is 2.54. The molecule has 23 heavy (non-hydrogen) atoms. The molecule has 2 unspecified atom stereocenters. The van der Waals surface area contributed by atoms with Gasteiger partial charge >= 0.3 is 5.97 Å². The number of amides is 1. The van der Waals surface area contributed by atoms with E-state index in [9.17, 15) is 14.7 Å². The third-order valence-corrected chi connectivity index (χ3v) is 4.52. The minimum absolute atomic E-state index is 0.127. The fraction of sp³-hybridized carbons (Fsp3) is 0.529. The number of aliphatic carboxylic acids is 1. The molecule has 0 aromatic heterocycles. The average molecular weight is 340 g/mol. The number of nitrogens with one attached hydrogen (secondary N) is 1. The van der Waals surface area contributed by atoms with Crippen molar-refractivity contribution in [3.63, 3.8) is 0 Å². The first-order valence-corrected chi connectivity index (χ1v) is 8.28. The fourth-order valence-electron chi connectivity index (χ4n) is 2.89. The lowest BCUT2D eigenvalue weighted by Gasteiger charge is -2.31. The van der Waals surface area contributed by atoms with E-state index in [0.717, 1.165) is 19.3 Å². The van der Waals surface area contributed by atoms with Gasteiger partial charge in [-0.2, -0.15) is 0 Å². The summed E-state index contributed by atoms with van der Waals surface area (Å²) in [5.74, 6) is -1.39. The highest BCUT2D eigenvalue weighted by Gasteiger charge is 2.40. The van der Waals surface area contributed by atoms with E-state index < -0.39 is 11.5 Å². The molecule has 1 aromatic carbocycles. The lowest BCUT2D eigenvalue weighted by Crippen LogP contribution is -2.52. The van der Waals surface area contributed by atoms with Crippen LogP contribution in [0.25, 0.3) is 0 Å². The van der Waals surface area contributed by atoms with E-state index in [1.165, 1.54) is 0 Å². The summed E-state index contributed by atoms with van der Waals surface area (Å²) in [7, 11) is 0. The van der Waals surface area contributed by atoms with E-state index in [-0.39, 0.29) is 24.9 Å². The van der Waals surface area contributed by atoms with Crippen molar-refractivity contribution in [2.75, 3.05) is 6.61 Å². The second kappa shape index (κ2) is 7.79. The quantitative estimate of drug-likeness (QED) is 0.835. The van der Waals surface area contributed by atoms with Crippen molar-refractivity contribution in [1.82, 2.24) is 5.32 Å². The Hall–Kier alpha value is -1.59. The normalized spacial score (nSPS) is 20.5. The van der Waals surface area contributed by atoms with Crippen LogP contribution in [0.4, 0.5) is 0 Å². The molecular weight excluding hydrogens is 318 g/mol. The predicted octanol–water partition coefficient (Wildman–Crippen LogP) is 3.11. The van der Waals surface area contributed by atoms with Gasteiger partial charge in [0.2, 0.25) is 5.91 Å². The molecule has 1 fully saturated rings. The number of carboxylic acids is 1. The summed E-state index contributed by atoms with van der Waals surface area (Å²) in [5, 5.41) is 12.9. The Kier molecular flexibility index (Phi) is 6.02. The highest BCUT2D eigenvalue weighted by atomic mass is 35.5. The summed E-state index contributed by atoms with van der Waals surface area (Å²) >= 11 is 5.87. The molecule has 126 valence electrons. The molecule has 0 bridgehead atoms. The van der Waals surface area contributed by atoms with Gasteiger partial charge in [-0.15, -0.1) is 0 Å². The van der Waals surface area contributed by atoms with E-state index >= 15 is 0 Å². The van der Waals surface area contributed by atoms with Gasteiger partial charge < -0.3 is 15.2 Å². The number of hydrogen-bond acceptors (Lipinski definition) is 3. The molecule has 2 rings (SSSR count). The van der Waals surface area contributed by atoms with E-state index in [4.69, 9.17) is 16.3 Å². The first-order chi connectivity index (χ1) is 11.0. The van der Waals surface area contributed by atoms with Crippen molar-refractivity contribution in [3.05, 3.63) is 34.9 Å². The summed E-state index contributed by atoms with van der Waals surface area (Å²) in [4.78, 5) is 24.2. The molecule has 6 heteroatoms. The van der Waals surface area contributed by atoms with Gasteiger partial charge in [-0.3, -0.25) is 4.79 Å². The molecule has 0 saturated carbocycles. The number of carbonyl (C=O) groups is 2. The van der Waals surface area contributed by atoms with Gasteiger partial charge in [-0.05, 0) is 43.4 Å². The molecule has 1 aliphatic rings. The van der Waals surface area contributed by atoms with Crippen LogP contribution in [0.5, 0.6) is 0 Å². The Balaban J connectivity index is 2.16. The molecule has 2 N–H and O–H groups in total. The van der Waals surface area contributed by atoms with Gasteiger partial charge in [0.05, 0.1) is 12.5 Å². The zero-order valence-electron chi connectivity index (χ0n) is 13.2. The van der Waals surface area contributed by atoms with Crippen LogP contribution in [-0.2, 0) is 19.9 Å². The van der Waals surface area contributed by atoms with Crippen LogP contribution >= 0.6 is 11.6 Å². The van der Waals surface area contributed by atoms with Gasteiger partial charge in [0, 0.05) is 11.6 Å². The zero-order chi connectivity index (χ0) is 16.9. The maximum atomic E-state index is 12.3. The minimum Gasteiger partial charge on any atom is -0.479 e. The monoisotopic (exact) mass is 339 g/mol. The van der Waals surface area contributed by atoms with E-state index in [0.29, 0.717) is 17.2 Å². The maximum Gasteiger partial charge on any atom is 0.334 e. The van der Waals surface area contributed by atoms with Crippen LogP contribution in [0, 0.1) is 0 Å². The molecule has 0 radical (unpaired) electrons. The third kappa shape index (κ3) is 4.24. The first-order valence-electron chi connectivity index (χ1n) is 7.90. The zero-order valence-corrected chi connectivity index (χ0v) is 13.9. The number of carbonyl (C=O) groups excluding carboxylic acids is 1. The molecule has 1 aromatic rings. The molecular formula is C17H22ClNO4. The fourth-order valence-corrected chi connectivity index (χ4v) is 3.02. The van der Waals surface area contributed by atoms with Gasteiger partial charge in [-0.25, -0.2) is 4.79 Å². The number of benzene rings is 1. The first kappa shape index (κ1) is 17.8. The van der Waals surface area contributed by atoms with Crippen molar-refractivity contribution in [2.24, 2.45) is 0 Å². The van der Waals surface area contributed by atoms with Crippen molar-refractivity contribution in [2.45, 2.75) is 50.7 Å². The van der Waals surface area contributed by atoms with E-state index in [1.807, 2.05) is 0 Å². The Labute approximate surface area is 141 Å². The summed E-state index contributed by atoms with van der Waals surface area (Å²) in [6, 6.07) is 6.52. The molecule has 1 amide bonds. The topological polar surface area (TPSA) is 75.6 Å². The van der Waals surface area contributed by atoms with Crippen LogP contribution in [-0.4, -0.2) is 29.7 Å². The van der Waals surface area contributed by atoms with Crippen LogP contribution in [0.3, 0.4) is 0 Å². The lowest BCUT2D eigenvalue weighted by molar-refractivity contribution is -0.149. The van der Waals surface area contributed by atoms with Crippen molar-refractivity contribution < 1.29 is 19.4 Å². The summed E-state index contributed by atoms with van der Waals surface area (Å²) in [5.41, 5.74) is -0.939. The molecule has 1 saturated heterocycles. The Morgan fingerprint density at radius 2 is 2.04 bits per heavy atom. The molecule has 5 nitrogen and oxygen atoms in total. The van der Waals surface area contributed by atoms with Crippen LogP contribution in [0.1, 0.15) is 44.6 Å². The smallest absolute Gasteiger partial charge is 0.334 e. The molecule has 2 atom stereocenters. The largest absolute Gasteiger partial charge is 0.479 e. The Morgan fingerprint density at radius 1 is 1.35 bits per heavy atom. The standard InChI is InChI=1S/C17H22ClNO4/c1-2-17(16(21)22,12-6-8-13(18)9-7-12)19-15(20)11-14-5-3-4-10-23-14/h6-9,14H,2-5,10-11H2,1H3,(H,19,20)(H,21,22). The minimum atomic E-state index is -1.45. The van der Waals surface area contributed by atoms with Crippen LogP contribution < -0.4 is 5.32 Å². The lowest BCUT2D eigenvalue weighted by atomic mass is 9.87. The summed E-state index contributed by atoms with van der Waals surface area (Å²) in [6.45, 7) is 2.40. The van der Waals surface area contributed by atoms with Gasteiger partial charge in [-0.1, -0.05) is 30.7 Å². The summed E-state index contributed by atoms with van der Waals surface area (Å²) < 4.78 is 5.55. The van der Waals surface area contributed by atoms with E-state index in [1.54, 1.807) is 31.2 Å². The molecule has 0 spiro atoms. The highest BCUT2D eigenvalue weighted by molar-refractivity contribution is 6.30. The Bertz CT molecular complexity index is 554. The van der Waals surface area contributed by atoms with Crippen LogP contribution in [0.2, 0.25) is 5.02 Å². The van der Waals surface area contributed by atoms with Crippen LogP contribution in [0.15, 0.2) is 24.3 Å².